The summed E-state index contributed by atoms with van der Waals surface area (Å²) < 4.78 is 63.9. The Hall–Kier alpha value is -3.12. The van der Waals surface area contributed by atoms with Gasteiger partial charge < -0.3 is 14.8 Å². The molecule has 9 nitrogen and oxygen atoms in total. The van der Waals surface area contributed by atoms with E-state index in [1.54, 1.807) is 0 Å². The number of pyridine rings is 1. The molecule has 0 amide bonds. The lowest BCUT2D eigenvalue weighted by Gasteiger charge is -2.26. The highest BCUT2D eigenvalue weighted by Crippen LogP contribution is 2.30. The Bertz CT molecular complexity index is 1410. The van der Waals surface area contributed by atoms with Gasteiger partial charge >= 0.3 is 0 Å². The number of nitrogens with one attached hydrogen (secondary N) is 1. The zero-order chi connectivity index (χ0) is 24.6. The Kier molecular flexibility index (Phi) is 6.41. The summed E-state index contributed by atoms with van der Waals surface area (Å²) in [6, 6.07) is 3.89. The number of rotatable bonds is 5. The summed E-state index contributed by atoms with van der Waals surface area (Å²) in [6.07, 6.45) is 3.60. The van der Waals surface area contributed by atoms with E-state index in [1.165, 1.54) is 16.8 Å². The van der Waals surface area contributed by atoms with Crippen LogP contribution in [0.5, 0.6) is 11.5 Å². The minimum atomic E-state index is -3.17. The predicted octanol–water partition coefficient (Wildman–Crippen LogP) is 3.20. The molecule has 0 atom stereocenters. The van der Waals surface area contributed by atoms with Crippen LogP contribution in [0.25, 0.3) is 11.0 Å². The van der Waals surface area contributed by atoms with Crippen LogP contribution in [0.1, 0.15) is 31.7 Å². The molecular formula is C23H24F2N4O5S. The first-order chi connectivity index (χ1) is 16.8. The molecule has 0 spiro atoms. The van der Waals surface area contributed by atoms with Crippen LogP contribution in [-0.4, -0.2) is 53.7 Å². The Morgan fingerprint density at radius 3 is 2.51 bits per heavy atom. The highest BCUT2D eigenvalue weighted by Gasteiger charge is 2.28. The van der Waals surface area contributed by atoms with E-state index in [2.05, 4.69) is 15.3 Å². The molecule has 0 aliphatic carbocycles. The van der Waals surface area contributed by atoms with Gasteiger partial charge in [-0.3, -0.25) is 9.36 Å². The largest absolute Gasteiger partial charge is 0.448 e. The van der Waals surface area contributed by atoms with Crippen molar-refractivity contribution in [1.29, 1.82) is 0 Å². The second-order valence-corrected chi connectivity index (χ2v) is 11.1. The lowest BCUT2D eigenvalue weighted by molar-refractivity contribution is 0.0903. The van der Waals surface area contributed by atoms with Crippen molar-refractivity contribution >= 4 is 26.8 Å². The zero-order valence-corrected chi connectivity index (χ0v) is 19.6. The number of fused-ring (bicyclic) bond motifs is 1. The van der Waals surface area contributed by atoms with E-state index in [0.29, 0.717) is 36.3 Å². The van der Waals surface area contributed by atoms with Gasteiger partial charge in [-0.2, -0.15) is 4.98 Å². The van der Waals surface area contributed by atoms with Crippen LogP contribution in [0.15, 0.2) is 35.3 Å². The van der Waals surface area contributed by atoms with Crippen LogP contribution in [0.3, 0.4) is 0 Å². The quantitative estimate of drug-likeness (QED) is 0.562. The van der Waals surface area contributed by atoms with E-state index in [0.717, 1.165) is 25.0 Å². The molecule has 35 heavy (non-hydrogen) atoms. The highest BCUT2D eigenvalue weighted by atomic mass is 32.2. The minimum absolute atomic E-state index is 0.0540. The topological polar surface area (TPSA) is 112 Å². The molecule has 2 fully saturated rings. The summed E-state index contributed by atoms with van der Waals surface area (Å²) in [5, 5.41) is 3.74. The summed E-state index contributed by atoms with van der Waals surface area (Å²) in [7, 11) is -3.17. The number of hydrogen-bond acceptors (Lipinski definition) is 8. The maximum absolute atomic E-state index is 14.2. The summed E-state index contributed by atoms with van der Waals surface area (Å²) in [5.74, 6) is -1.98. The Balaban J connectivity index is 1.57. The first kappa shape index (κ1) is 23.6. The van der Waals surface area contributed by atoms with E-state index in [9.17, 15) is 22.0 Å². The van der Waals surface area contributed by atoms with Crippen LogP contribution < -0.4 is 15.6 Å². The van der Waals surface area contributed by atoms with E-state index in [1.807, 2.05) is 0 Å². The number of sulfone groups is 1. The molecule has 12 heteroatoms. The van der Waals surface area contributed by atoms with Gasteiger partial charge in [0, 0.05) is 42.9 Å². The van der Waals surface area contributed by atoms with Crippen molar-refractivity contribution in [3.8, 4) is 11.5 Å². The summed E-state index contributed by atoms with van der Waals surface area (Å²) in [5.41, 5.74) is -0.253. The molecule has 186 valence electrons. The molecule has 2 saturated heterocycles. The average Bonchev–Trinajstić information content (AvgIpc) is 2.83. The smallest absolute Gasteiger partial charge is 0.295 e. The zero-order valence-electron chi connectivity index (χ0n) is 18.7. The van der Waals surface area contributed by atoms with Gasteiger partial charge in [0.25, 0.3) is 5.56 Å². The molecule has 0 radical (unpaired) electrons. The summed E-state index contributed by atoms with van der Waals surface area (Å²) >= 11 is 0. The van der Waals surface area contributed by atoms with Gasteiger partial charge in [0.15, 0.2) is 17.3 Å². The molecule has 1 aromatic carbocycles. The fraction of sp³-hybridized carbons (Fsp3) is 0.435. The molecule has 0 unspecified atom stereocenters. The van der Waals surface area contributed by atoms with Gasteiger partial charge in [0.05, 0.1) is 11.5 Å². The van der Waals surface area contributed by atoms with E-state index in [4.69, 9.17) is 9.47 Å². The van der Waals surface area contributed by atoms with Crippen LogP contribution in [0, 0.1) is 11.6 Å². The number of nitrogens with zero attached hydrogens (tertiary/aromatic N) is 3. The van der Waals surface area contributed by atoms with Gasteiger partial charge in [0.2, 0.25) is 5.95 Å². The SMILES string of the molecule is O=c1c(Oc2ccc(F)cc2F)cc2cnc(NC3CCOCC3)nc2n1C1CCS(=O)(=O)CC1. The van der Waals surface area contributed by atoms with Crippen LogP contribution in [0.4, 0.5) is 14.7 Å². The molecule has 3 aromatic rings. The van der Waals surface area contributed by atoms with E-state index < -0.39 is 33.1 Å². The fourth-order valence-electron chi connectivity index (χ4n) is 4.41. The third-order valence-electron chi connectivity index (χ3n) is 6.30. The number of benzene rings is 1. The van der Waals surface area contributed by atoms with Crippen molar-refractivity contribution in [2.75, 3.05) is 30.0 Å². The van der Waals surface area contributed by atoms with Gasteiger partial charge in [-0.15, -0.1) is 0 Å². The number of hydrogen-bond donors (Lipinski definition) is 1. The maximum atomic E-state index is 14.2. The first-order valence-electron chi connectivity index (χ1n) is 11.4. The third kappa shape index (κ3) is 5.13. The summed E-state index contributed by atoms with van der Waals surface area (Å²) in [4.78, 5) is 22.5. The van der Waals surface area contributed by atoms with Crippen LogP contribution in [-0.2, 0) is 14.6 Å². The second-order valence-electron chi connectivity index (χ2n) is 8.75. The molecule has 0 bridgehead atoms. The number of halogens is 2. The van der Waals surface area contributed by atoms with Crippen LogP contribution in [0.2, 0.25) is 0 Å². The molecule has 2 aliphatic heterocycles. The lowest BCUT2D eigenvalue weighted by atomic mass is 10.1. The van der Waals surface area contributed by atoms with Crippen molar-refractivity contribution in [3.63, 3.8) is 0 Å². The minimum Gasteiger partial charge on any atom is -0.448 e. The molecule has 4 heterocycles. The molecule has 1 N–H and O–H groups in total. The van der Waals surface area contributed by atoms with Gasteiger partial charge in [-0.1, -0.05) is 0 Å². The molecular weight excluding hydrogens is 482 g/mol. The van der Waals surface area contributed by atoms with Crippen molar-refractivity contribution < 1.29 is 26.7 Å². The first-order valence-corrected chi connectivity index (χ1v) is 13.2. The van der Waals surface area contributed by atoms with Gasteiger partial charge in [-0.05, 0) is 43.9 Å². The van der Waals surface area contributed by atoms with Crippen molar-refractivity contribution in [2.45, 2.75) is 37.8 Å². The Morgan fingerprint density at radius 2 is 1.80 bits per heavy atom. The molecule has 0 saturated carbocycles. The predicted molar refractivity (Wildman–Crippen MR) is 125 cm³/mol. The Labute approximate surface area is 200 Å². The third-order valence-corrected chi connectivity index (χ3v) is 8.01. The number of aromatic nitrogens is 3. The molecule has 2 aliphatic rings. The normalized spacial score (nSPS) is 19.0. The maximum Gasteiger partial charge on any atom is 0.295 e. The molecule has 5 rings (SSSR count). The molecule has 2 aromatic heterocycles. The average molecular weight is 507 g/mol. The summed E-state index contributed by atoms with van der Waals surface area (Å²) in [6.45, 7) is 1.26. The van der Waals surface area contributed by atoms with E-state index in [-0.39, 0.29) is 41.9 Å². The standard InChI is InChI=1S/C23H24F2N4O5S/c24-15-1-2-19(18(25)12-15)34-20-11-14-13-26-23(27-16-3-7-33-8-4-16)28-21(14)29(22(20)30)17-5-9-35(31,32)10-6-17/h1-2,11-13,16-17H,3-10H2,(H,26,27,28). The van der Waals surface area contributed by atoms with Crippen molar-refractivity contribution in [1.82, 2.24) is 14.5 Å². The van der Waals surface area contributed by atoms with Crippen molar-refractivity contribution in [2.24, 2.45) is 0 Å². The van der Waals surface area contributed by atoms with E-state index >= 15 is 0 Å². The van der Waals surface area contributed by atoms with Gasteiger partial charge in [-0.25, -0.2) is 22.2 Å². The highest BCUT2D eigenvalue weighted by molar-refractivity contribution is 7.91. The van der Waals surface area contributed by atoms with Gasteiger partial charge in [0.1, 0.15) is 21.3 Å². The van der Waals surface area contributed by atoms with Crippen molar-refractivity contribution in [3.05, 3.63) is 52.5 Å². The number of ether oxygens (including phenoxy) is 2. The Morgan fingerprint density at radius 1 is 1.06 bits per heavy atom. The second kappa shape index (κ2) is 9.50. The van der Waals surface area contributed by atoms with Crippen LogP contribution >= 0.6 is 0 Å². The monoisotopic (exact) mass is 506 g/mol. The number of anilines is 1. The lowest BCUT2D eigenvalue weighted by Crippen LogP contribution is -2.33. The fourth-order valence-corrected chi connectivity index (χ4v) is 5.88.